The number of ketones is 1. The van der Waals surface area contributed by atoms with Gasteiger partial charge in [-0.25, -0.2) is 0 Å². The number of anilines is 1. The molecule has 2 aromatic carbocycles. The Kier molecular flexibility index (Phi) is 5.00. The monoisotopic (exact) mass is 323 g/mol. The predicted molar refractivity (Wildman–Crippen MR) is 97.7 cm³/mol. The molecule has 1 aliphatic rings. The Hall–Kier alpha value is -2.13. The van der Waals surface area contributed by atoms with Gasteiger partial charge in [-0.15, -0.1) is 0 Å². The maximum atomic E-state index is 12.7. The third kappa shape index (κ3) is 2.96. The minimum Gasteiger partial charge on any atom is -0.376 e. The number of fused-ring (bicyclic) bond motifs is 1. The van der Waals surface area contributed by atoms with Crippen LogP contribution in [0.25, 0.3) is 0 Å². The molecule has 0 heterocycles. The Morgan fingerprint density at radius 1 is 1.00 bits per heavy atom. The second kappa shape index (κ2) is 7.18. The van der Waals surface area contributed by atoms with Crippen molar-refractivity contribution < 1.29 is 9.53 Å². The summed E-state index contributed by atoms with van der Waals surface area (Å²) < 4.78 is 5.66. The average molecular weight is 323 g/mol. The van der Waals surface area contributed by atoms with Gasteiger partial charge in [0, 0.05) is 31.5 Å². The van der Waals surface area contributed by atoms with E-state index >= 15 is 0 Å². The molecule has 0 fully saturated rings. The first-order valence-electron chi connectivity index (χ1n) is 8.69. The molecule has 2 unspecified atom stereocenters. The van der Waals surface area contributed by atoms with Crippen LogP contribution in [0.15, 0.2) is 48.5 Å². The minimum atomic E-state index is -0.142. The van der Waals surface area contributed by atoms with Gasteiger partial charge in [-0.05, 0) is 43.5 Å². The van der Waals surface area contributed by atoms with E-state index in [-0.39, 0.29) is 17.8 Å². The Morgan fingerprint density at radius 2 is 1.67 bits per heavy atom. The van der Waals surface area contributed by atoms with Crippen LogP contribution in [-0.4, -0.2) is 26.0 Å². The number of nitrogens with zero attached hydrogens (tertiary/aromatic N) is 1. The summed E-state index contributed by atoms with van der Waals surface area (Å²) >= 11 is 0. The van der Waals surface area contributed by atoms with Gasteiger partial charge in [0.15, 0.2) is 5.78 Å². The minimum absolute atomic E-state index is 0.133. The molecule has 3 rings (SSSR count). The van der Waals surface area contributed by atoms with E-state index in [9.17, 15) is 4.79 Å². The average Bonchev–Trinajstić information content (AvgIpc) is 2.89. The summed E-state index contributed by atoms with van der Waals surface area (Å²) in [4.78, 5) is 15.1. The molecule has 2 atom stereocenters. The molecule has 0 aromatic heterocycles. The zero-order chi connectivity index (χ0) is 17.1. The Morgan fingerprint density at radius 3 is 2.29 bits per heavy atom. The maximum absolute atomic E-state index is 12.7. The molecule has 0 N–H and O–H groups in total. The number of rotatable bonds is 6. The highest BCUT2D eigenvalue weighted by atomic mass is 16.5. The normalized spacial score (nSPS) is 19.4. The lowest BCUT2D eigenvalue weighted by molar-refractivity contribution is 0.0525. The fourth-order valence-corrected chi connectivity index (χ4v) is 3.70. The summed E-state index contributed by atoms with van der Waals surface area (Å²) in [6, 6.07) is 16.4. The van der Waals surface area contributed by atoms with Gasteiger partial charge in [-0.1, -0.05) is 36.4 Å². The van der Waals surface area contributed by atoms with E-state index in [1.165, 1.54) is 11.3 Å². The third-order valence-corrected chi connectivity index (χ3v) is 5.01. The Bertz CT molecular complexity index is 704. The summed E-state index contributed by atoms with van der Waals surface area (Å²) in [6.45, 7) is 6.32. The van der Waals surface area contributed by atoms with Crippen LogP contribution in [0.3, 0.4) is 0 Å². The van der Waals surface area contributed by atoms with Crippen molar-refractivity contribution in [3.8, 4) is 0 Å². The molecule has 126 valence electrons. The van der Waals surface area contributed by atoms with Crippen LogP contribution in [0, 0.1) is 5.92 Å². The quantitative estimate of drug-likeness (QED) is 0.795. The largest absolute Gasteiger partial charge is 0.376 e. The van der Waals surface area contributed by atoms with E-state index in [4.69, 9.17) is 4.74 Å². The highest BCUT2D eigenvalue weighted by Gasteiger charge is 2.39. The number of ether oxygens (including phenoxy) is 1. The van der Waals surface area contributed by atoms with Gasteiger partial charge in [-0.2, -0.15) is 0 Å². The molecule has 0 spiro atoms. The molecule has 24 heavy (non-hydrogen) atoms. The van der Waals surface area contributed by atoms with Crippen molar-refractivity contribution in [1.29, 1.82) is 0 Å². The lowest BCUT2D eigenvalue weighted by Crippen LogP contribution is -2.22. The Balaban J connectivity index is 1.80. The van der Waals surface area contributed by atoms with Crippen LogP contribution in [0.4, 0.5) is 5.69 Å². The first kappa shape index (κ1) is 16.7. The zero-order valence-electron chi connectivity index (χ0n) is 14.7. The van der Waals surface area contributed by atoms with Crippen molar-refractivity contribution in [1.82, 2.24) is 0 Å². The van der Waals surface area contributed by atoms with Crippen molar-refractivity contribution >= 4 is 11.5 Å². The second-order valence-electron chi connectivity index (χ2n) is 6.26. The van der Waals surface area contributed by atoms with E-state index in [1.807, 2.05) is 24.3 Å². The molecule has 0 saturated heterocycles. The summed E-state index contributed by atoms with van der Waals surface area (Å²) in [5.41, 5.74) is 4.25. The smallest absolute Gasteiger partial charge is 0.169 e. The molecule has 0 radical (unpaired) electrons. The van der Waals surface area contributed by atoms with E-state index in [0.717, 1.165) is 24.2 Å². The van der Waals surface area contributed by atoms with Crippen LogP contribution < -0.4 is 4.90 Å². The van der Waals surface area contributed by atoms with Gasteiger partial charge in [0.1, 0.15) is 0 Å². The number of hydrogen-bond acceptors (Lipinski definition) is 3. The highest BCUT2D eigenvalue weighted by Crippen LogP contribution is 2.40. The maximum Gasteiger partial charge on any atom is 0.169 e. The molecule has 2 aromatic rings. The summed E-state index contributed by atoms with van der Waals surface area (Å²) in [7, 11) is 1.69. The van der Waals surface area contributed by atoms with Crippen LogP contribution in [-0.2, 0) is 11.2 Å². The number of carbonyl (C=O) groups is 1. The number of methoxy groups -OCH3 is 1. The zero-order valence-corrected chi connectivity index (χ0v) is 14.7. The van der Waals surface area contributed by atoms with Gasteiger partial charge >= 0.3 is 0 Å². The molecule has 0 aliphatic heterocycles. The molecular weight excluding hydrogens is 298 g/mol. The number of benzene rings is 2. The van der Waals surface area contributed by atoms with E-state index in [1.54, 1.807) is 7.11 Å². The summed E-state index contributed by atoms with van der Waals surface area (Å²) in [5, 5.41) is 0. The lowest BCUT2D eigenvalue weighted by atomic mass is 9.93. The van der Waals surface area contributed by atoms with Gasteiger partial charge < -0.3 is 9.64 Å². The number of hydrogen-bond donors (Lipinski definition) is 0. The van der Waals surface area contributed by atoms with Crippen molar-refractivity contribution in [3.05, 3.63) is 65.2 Å². The molecule has 1 aliphatic carbocycles. The standard InChI is InChI=1S/C21H25NO2/c1-4-22(5-2)16-12-10-15(11-13-16)14-19-20(23)17-8-6-7-9-18(17)21(19)24-3/h6-13,19,21H,4-5,14H2,1-3H3. The van der Waals surface area contributed by atoms with Crippen LogP contribution >= 0.6 is 0 Å². The topological polar surface area (TPSA) is 29.5 Å². The SMILES string of the molecule is CCN(CC)c1ccc(CC2C(=O)c3ccccc3C2OC)cc1. The fraction of sp³-hybridized carbons (Fsp3) is 0.381. The van der Waals surface area contributed by atoms with Gasteiger partial charge in [0.2, 0.25) is 0 Å². The van der Waals surface area contributed by atoms with Crippen molar-refractivity contribution in [2.45, 2.75) is 26.4 Å². The van der Waals surface area contributed by atoms with E-state index in [0.29, 0.717) is 6.42 Å². The van der Waals surface area contributed by atoms with Crippen LogP contribution in [0.1, 0.15) is 41.4 Å². The molecule has 0 amide bonds. The first-order chi connectivity index (χ1) is 11.7. The molecule has 3 nitrogen and oxygen atoms in total. The van der Waals surface area contributed by atoms with Crippen molar-refractivity contribution in [3.63, 3.8) is 0 Å². The molecule has 0 bridgehead atoms. The summed E-state index contributed by atoms with van der Waals surface area (Å²) in [5.74, 6) is 0.0666. The van der Waals surface area contributed by atoms with E-state index < -0.39 is 0 Å². The molecular formula is C21H25NO2. The lowest BCUT2D eigenvalue weighted by Gasteiger charge is -2.22. The van der Waals surface area contributed by atoms with Crippen LogP contribution in [0.5, 0.6) is 0 Å². The fourth-order valence-electron chi connectivity index (χ4n) is 3.70. The third-order valence-electron chi connectivity index (χ3n) is 5.01. The van der Waals surface area contributed by atoms with Gasteiger partial charge in [0.25, 0.3) is 0 Å². The van der Waals surface area contributed by atoms with Gasteiger partial charge in [-0.3, -0.25) is 4.79 Å². The van der Waals surface area contributed by atoms with Crippen molar-refractivity contribution in [2.75, 3.05) is 25.1 Å². The number of carbonyl (C=O) groups excluding carboxylic acids is 1. The second-order valence-corrected chi connectivity index (χ2v) is 6.26. The predicted octanol–water partition coefficient (Wildman–Crippen LogP) is 4.28. The van der Waals surface area contributed by atoms with Gasteiger partial charge in [0.05, 0.1) is 12.0 Å². The van der Waals surface area contributed by atoms with E-state index in [2.05, 4.69) is 43.0 Å². The Labute approximate surface area is 144 Å². The summed E-state index contributed by atoms with van der Waals surface area (Å²) in [6.07, 6.45) is 0.570. The highest BCUT2D eigenvalue weighted by molar-refractivity contribution is 6.03. The van der Waals surface area contributed by atoms with Crippen LogP contribution in [0.2, 0.25) is 0 Å². The first-order valence-corrected chi connectivity index (χ1v) is 8.69. The number of Topliss-reactive ketones (excluding diaryl/α,β-unsaturated/α-hetero) is 1. The molecule has 0 saturated carbocycles. The molecule has 3 heteroatoms. The van der Waals surface area contributed by atoms with Crippen molar-refractivity contribution in [2.24, 2.45) is 5.92 Å².